The Bertz CT molecular complexity index is 821. The molecule has 0 bridgehead atoms. The third-order valence-electron chi connectivity index (χ3n) is 4.11. The Labute approximate surface area is 152 Å². The van der Waals surface area contributed by atoms with Gasteiger partial charge in [-0.3, -0.25) is 14.9 Å². The molecule has 0 unspecified atom stereocenters. The molecule has 2 heterocycles. The molecule has 0 saturated carbocycles. The van der Waals surface area contributed by atoms with E-state index in [1.165, 1.54) is 6.07 Å². The summed E-state index contributed by atoms with van der Waals surface area (Å²) in [7, 11) is 0. The van der Waals surface area contributed by atoms with Crippen LogP contribution in [0.25, 0.3) is 0 Å². The van der Waals surface area contributed by atoms with Crippen molar-refractivity contribution in [1.82, 2.24) is 4.98 Å². The lowest BCUT2D eigenvalue weighted by Gasteiger charge is -2.36. The highest BCUT2D eigenvalue weighted by molar-refractivity contribution is 9.10. The summed E-state index contributed by atoms with van der Waals surface area (Å²) in [6.45, 7) is 2.34. The quantitative estimate of drug-likeness (QED) is 0.616. The monoisotopic (exact) mass is 405 g/mol. The largest absolute Gasteiger partial charge is 0.365 e. The molecule has 0 atom stereocenters. The van der Waals surface area contributed by atoms with E-state index in [1.807, 2.05) is 9.80 Å². The van der Waals surface area contributed by atoms with Crippen molar-refractivity contribution in [3.8, 4) is 0 Å². The van der Waals surface area contributed by atoms with E-state index in [9.17, 15) is 14.9 Å². The number of piperazine rings is 1. The number of nitrogens with two attached hydrogens (primary N) is 1. The Morgan fingerprint density at radius 3 is 2.52 bits per heavy atom. The van der Waals surface area contributed by atoms with Gasteiger partial charge in [0.2, 0.25) is 0 Å². The van der Waals surface area contributed by atoms with E-state index in [1.54, 1.807) is 30.5 Å². The first kappa shape index (κ1) is 17.2. The Morgan fingerprint density at radius 2 is 1.88 bits per heavy atom. The first-order valence-electron chi connectivity index (χ1n) is 7.66. The van der Waals surface area contributed by atoms with Gasteiger partial charge in [-0.05, 0) is 24.3 Å². The summed E-state index contributed by atoms with van der Waals surface area (Å²) in [5, 5.41) is 11.3. The van der Waals surface area contributed by atoms with Crippen molar-refractivity contribution in [2.75, 3.05) is 36.0 Å². The van der Waals surface area contributed by atoms with Crippen LogP contribution in [0.4, 0.5) is 17.2 Å². The SMILES string of the molecule is NC(=O)c1cccnc1N1CCN(c2ccc(Br)cc2[N+](=O)[O-])CC1. The second kappa shape index (κ2) is 7.06. The summed E-state index contributed by atoms with van der Waals surface area (Å²) < 4.78 is 0.668. The predicted octanol–water partition coefficient (Wildman–Crippen LogP) is 2.18. The number of aromatic nitrogens is 1. The topological polar surface area (TPSA) is 106 Å². The fourth-order valence-electron chi connectivity index (χ4n) is 2.91. The molecule has 2 N–H and O–H groups in total. The number of hydrogen-bond donors (Lipinski definition) is 1. The summed E-state index contributed by atoms with van der Waals surface area (Å²) in [6, 6.07) is 8.36. The van der Waals surface area contributed by atoms with E-state index in [-0.39, 0.29) is 10.6 Å². The average molecular weight is 406 g/mol. The van der Waals surface area contributed by atoms with Gasteiger partial charge in [0, 0.05) is 42.9 Å². The first-order chi connectivity index (χ1) is 12.0. The van der Waals surface area contributed by atoms with E-state index < -0.39 is 5.91 Å². The van der Waals surface area contributed by atoms with Crippen LogP contribution in [0.5, 0.6) is 0 Å². The Morgan fingerprint density at radius 1 is 1.20 bits per heavy atom. The van der Waals surface area contributed by atoms with Crippen LogP contribution in [-0.2, 0) is 0 Å². The summed E-state index contributed by atoms with van der Waals surface area (Å²) in [6.07, 6.45) is 1.62. The van der Waals surface area contributed by atoms with Gasteiger partial charge in [-0.1, -0.05) is 15.9 Å². The van der Waals surface area contributed by atoms with Crippen molar-refractivity contribution in [2.24, 2.45) is 5.73 Å². The number of nitrogens with zero attached hydrogens (tertiary/aromatic N) is 4. The summed E-state index contributed by atoms with van der Waals surface area (Å²) in [5.74, 6) is 0.0361. The lowest BCUT2D eigenvalue weighted by Crippen LogP contribution is -2.47. The van der Waals surface area contributed by atoms with Crippen molar-refractivity contribution < 1.29 is 9.72 Å². The molecule has 0 aliphatic carbocycles. The average Bonchev–Trinajstić information content (AvgIpc) is 2.62. The molecule has 8 nitrogen and oxygen atoms in total. The van der Waals surface area contributed by atoms with E-state index >= 15 is 0 Å². The number of carbonyl (C=O) groups is 1. The third kappa shape index (κ3) is 3.55. The number of rotatable bonds is 4. The molecule has 1 fully saturated rings. The number of nitro benzene ring substituents is 1. The standard InChI is InChI=1S/C16H16BrN5O3/c17-11-3-4-13(14(10-11)22(24)25)20-6-8-21(9-7-20)16-12(15(18)23)2-1-5-19-16/h1-5,10H,6-9H2,(H2,18,23). The Kier molecular flexibility index (Phi) is 4.84. The van der Waals surface area contributed by atoms with Gasteiger partial charge in [0.05, 0.1) is 10.5 Å². The van der Waals surface area contributed by atoms with Crippen LogP contribution in [0.1, 0.15) is 10.4 Å². The molecule has 1 aromatic heterocycles. The molecule has 1 aliphatic heterocycles. The second-order valence-electron chi connectivity index (χ2n) is 5.60. The van der Waals surface area contributed by atoms with Crippen LogP contribution in [-0.4, -0.2) is 42.0 Å². The fraction of sp³-hybridized carbons (Fsp3) is 0.250. The molecule has 1 amide bonds. The number of nitro groups is 1. The molecule has 1 aliphatic rings. The fourth-order valence-corrected chi connectivity index (χ4v) is 3.26. The highest BCUT2D eigenvalue weighted by atomic mass is 79.9. The number of primary amides is 1. The molecular formula is C16H16BrN5O3. The van der Waals surface area contributed by atoms with Crippen LogP contribution in [0, 0.1) is 10.1 Å². The lowest BCUT2D eigenvalue weighted by atomic mass is 10.2. The minimum absolute atomic E-state index is 0.0680. The van der Waals surface area contributed by atoms with Crippen molar-refractivity contribution in [3.63, 3.8) is 0 Å². The van der Waals surface area contributed by atoms with Crippen molar-refractivity contribution in [1.29, 1.82) is 0 Å². The van der Waals surface area contributed by atoms with Gasteiger partial charge in [0.15, 0.2) is 0 Å². The van der Waals surface area contributed by atoms with Crippen molar-refractivity contribution in [2.45, 2.75) is 0 Å². The molecule has 25 heavy (non-hydrogen) atoms. The summed E-state index contributed by atoms with van der Waals surface area (Å²) in [4.78, 5) is 30.7. The number of pyridine rings is 1. The number of carbonyl (C=O) groups excluding carboxylic acids is 1. The van der Waals surface area contributed by atoms with Crippen LogP contribution in [0.2, 0.25) is 0 Å². The summed E-state index contributed by atoms with van der Waals surface area (Å²) >= 11 is 3.27. The minimum Gasteiger partial charge on any atom is -0.365 e. The van der Waals surface area contributed by atoms with Gasteiger partial charge in [-0.15, -0.1) is 0 Å². The smallest absolute Gasteiger partial charge is 0.293 e. The number of anilines is 2. The predicted molar refractivity (Wildman–Crippen MR) is 98.0 cm³/mol. The number of amides is 1. The normalized spacial score (nSPS) is 14.4. The molecule has 130 valence electrons. The van der Waals surface area contributed by atoms with E-state index in [2.05, 4.69) is 20.9 Å². The highest BCUT2D eigenvalue weighted by Gasteiger charge is 2.26. The Balaban J connectivity index is 1.79. The van der Waals surface area contributed by atoms with Gasteiger partial charge in [0.25, 0.3) is 11.6 Å². The van der Waals surface area contributed by atoms with E-state index in [4.69, 9.17) is 5.73 Å². The molecule has 1 saturated heterocycles. The van der Waals surface area contributed by atoms with Crippen LogP contribution < -0.4 is 15.5 Å². The van der Waals surface area contributed by atoms with Crippen molar-refractivity contribution >= 4 is 39.0 Å². The van der Waals surface area contributed by atoms with Crippen molar-refractivity contribution in [3.05, 3.63) is 56.7 Å². The molecule has 0 radical (unpaired) electrons. The van der Waals surface area contributed by atoms with Gasteiger partial charge in [0.1, 0.15) is 11.5 Å². The number of halogens is 1. The minimum atomic E-state index is -0.519. The summed E-state index contributed by atoms with van der Waals surface area (Å²) in [5.41, 5.74) is 6.45. The van der Waals surface area contributed by atoms with Gasteiger partial charge in [-0.25, -0.2) is 4.98 Å². The van der Waals surface area contributed by atoms with Gasteiger partial charge in [-0.2, -0.15) is 0 Å². The zero-order valence-corrected chi connectivity index (χ0v) is 14.8. The van der Waals surface area contributed by atoms with E-state index in [0.717, 1.165) is 0 Å². The van der Waals surface area contributed by atoms with Gasteiger partial charge >= 0.3 is 0 Å². The second-order valence-corrected chi connectivity index (χ2v) is 6.52. The zero-order chi connectivity index (χ0) is 18.0. The number of hydrogen-bond acceptors (Lipinski definition) is 6. The molecular weight excluding hydrogens is 390 g/mol. The molecule has 0 spiro atoms. The molecule has 3 rings (SSSR count). The molecule has 1 aromatic carbocycles. The maximum Gasteiger partial charge on any atom is 0.293 e. The lowest BCUT2D eigenvalue weighted by molar-refractivity contribution is -0.384. The van der Waals surface area contributed by atoms with Gasteiger partial charge < -0.3 is 15.5 Å². The highest BCUT2D eigenvalue weighted by Crippen LogP contribution is 2.32. The maximum atomic E-state index is 11.6. The zero-order valence-electron chi connectivity index (χ0n) is 13.3. The maximum absolute atomic E-state index is 11.6. The van der Waals surface area contributed by atoms with E-state index in [0.29, 0.717) is 47.7 Å². The Hall–Kier alpha value is -2.68. The first-order valence-corrected chi connectivity index (χ1v) is 8.45. The van der Waals surface area contributed by atoms with Crippen LogP contribution in [0.3, 0.4) is 0 Å². The molecule has 2 aromatic rings. The van der Waals surface area contributed by atoms with Crippen LogP contribution in [0.15, 0.2) is 41.0 Å². The number of benzene rings is 1. The third-order valence-corrected chi connectivity index (χ3v) is 4.60. The van der Waals surface area contributed by atoms with Crippen LogP contribution >= 0.6 is 15.9 Å². The molecule has 9 heteroatoms.